The molecule has 1 aromatic heterocycles. The average Bonchev–Trinajstić information content (AvgIpc) is 2.87. The fraction of sp³-hybridized carbons (Fsp3) is 0.0909. The van der Waals surface area contributed by atoms with Crippen molar-refractivity contribution >= 4 is 22.3 Å². The monoisotopic (exact) mass is 460 g/mol. The van der Waals surface area contributed by atoms with Crippen LogP contribution in [0.15, 0.2) is 136 Å². The van der Waals surface area contributed by atoms with E-state index in [1.165, 1.54) is 0 Å². The van der Waals surface area contributed by atoms with Gasteiger partial charge in [-0.1, -0.05) is 136 Å². The Morgan fingerprint density at radius 1 is 0.486 bits per heavy atom. The van der Waals surface area contributed by atoms with Gasteiger partial charge in [-0.05, 0) is 31.9 Å². The second-order valence-electron chi connectivity index (χ2n) is 7.11. The van der Waals surface area contributed by atoms with E-state index in [1.54, 1.807) is 30.4 Å². The minimum absolute atomic E-state index is 0.734. The third kappa shape index (κ3) is 8.21. The predicted molar refractivity (Wildman–Crippen MR) is 159 cm³/mol. The highest BCUT2D eigenvalue weighted by atomic mass is 14.9. The van der Waals surface area contributed by atoms with Crippen LogP contribution >= 0.6 is 0 Å². The Bertz CT molecular complexity index is 1190. The zero-order valence-corrected chi connectivity index (χ0v) is 21.2. The third-order valence-corrected chi connectivity index (χ3v) is 4.79. The molecule has 35 heavy (non-hydrogen) atoms. The summed E-state index contributed by atoms with van der Waals surface area (Å²) in [6.07, 6.45) is 32.2. The second kappa shape index (κ2) is 16.3. The van der Waals surface area contributed by atoms with Crippen LogP contribution in [0.2, 0.25) is 0 Å². The maximum Gasteiger partial charge on any atom is 0.0973 e. The highest BCUT2D eigenvalue weighted by Gasteiger charge is 2.20. The van der Waals surface area contributed by atoms with Gasteiger partial charge in [-0.2, -0.15) is 0 Å². The molecule has 1 heterocycles. The van der Waals surface area contributed by atoms with Gasteiger partial charge < -0.3 is 0 Å². The van der Waals surface area contributed by atoms with E-state index in [-0.39, 0.29) is 0 Å². The molecule has 0 N–H and O–H groups in total. The summed E-state index contributed by atoms with van der Waals surface area (Å²) in [7, 11) is 0. The molecule has 0 saturated heterocycles. The fourth-order valence-corrected chi connectivity index (χ4v) is 3.24. The van der Waals surface area contributed by atoms with Crippen LogP contribution in [0, 0.1) is 0 Å². The molecule has 0 aliphatic carbocycles. The lowest BCUT2D eigenvalue weighted by atomic mass is 9.97. The molecule has 0 saturated carbocycles. The minimum atomic E-state index is 0.734. The van der Waals surface area contributed by atoms with Gasteiger partial charge in [0.25, 0.3) is 0 Å². The molecule has 0 aliphatic rings. The van der Waals surface area contributed by atoms with Crippen LogP contribution in [0.25, 0.3) is 22.3 Å². The van der Waals surface area contributed by atoms with Gasteiger partial charge in [-0.3, -0.25) is 0 Å². The molecule has 0 atom stereocenters. The van der Waals surface area contributed by atoms with Gasteiger partial charge >= 0.3 is 0 Å². The SMILES string of the molecule is C=C/C=C\C(=C/C)c1nc(C(/C=C\C=C)=C/C=C)c(C(/C=C\C)=C/C)nc1C(/C=C\C=C)=C/C=C. The predicted octanol–water partition coefficient (Wildman–Crippen LogP) is 9.22. The van der Waals surface area contributed by atoms with Crippen molar-refractivity contribution in [3.05, 3.63) is 159 Å². The molecular formula is C33H36N2. The first-order valence-corrected chi connectivity index (χ1v) is 11.5. The first-order chi connectivity index (χ1) is 17.1. The summed E-state index contributed by atoms with van der Waals surface area (Å²) < 4.78 is 0. The molecule has 0 amide bonds. The van der Waals surface area contributed by atoms with Gasteiger partial charge in [0.15, 0.2) is 0 Å². The number of nitrogens with zero attached hydrogens (tertiary/aromatic N) is 2. The molecule has 0 aromatic carbocycles. The Kier molecular flexibility index (Phi) is 13.4. The van der Waals surface area contributed by atoms with Gasteiger partial charge in [-0.15, -0.1) is 0 Å². The van der Waals surface area contributed by atoms with Crippen LogP contribution in [0.3, 0.4) is 0 Å². The lowest BCUT2D eigenvalue weighted by Crippen LogP contribution is -2.08. The van der Waals surface area contributed by atoms with E-state index in [2.05, 4.69) is 32.9 Å². The van der Waals surface area contributed by atoms with Crippen molar-refractivity contribution in [2.45, 2.75) is 20.8 Å². The van der Waals surface area contributed by atoms with Gasteiger partial charge in [0, 0.05) is 11.1 Å². The molecule has 0 unspecified atom stereocenters. The molecular weight excluding hydrogens is 424 g/mol. The maximum atomic E-state index is 5.20. The number of rotatable bonds is 13. The number of aromatic nitrogens is 2. The second-order valence-corrected chi connectivity index (χ2v) is 7.11. The highest BCUT2D eigenvalue weighted by Crippen LogP contribution is 2.32. The smallest absolute Gasteiger partial charge is 0.0973 e. The Hall–Kier alpha value is -4.30. The lowest BCUT2D eigenvalue weighted by Gasteiger charge is -2.17. The van der Waals surface area contributed by atoms with E-state index in [9.17, 15) is 0 Å². The molecule has 2 heteroatoms. The van der Waals surface area contributed by atoms with E-state index in [0.29, 0.717) is 0 Å². The van der Waals surface area contributed by atoms with Crippen LogP contribution in [-0.4, -0.2) is 9.97 Å². The van der Waals surface area contributed by atoms with Crippen molar-refractivity contribution in [2.75, 3.05) is 0 Å². The molecule has 178 valence electrons. The third-order valence-electron chi connectivity index (χ3n) is 4.79. The van der Waals surface area contributed by atoms with E-state index >= 15 is 0 Å². The van der Waals surface area contributed by atoms with Crippen LogP contribution in [0.1, 0.15) is 43.5 Å². The average molecular weight is 461 g/mol. The molecule has 0 fully saturated rings. The summed E-state index contributed by atoms with van der Waals surface area (Å²) >= 11 is 0. The summed E-state index contributed by atoms with van der Waals surface area (Å²) in [6, 6.07) is 0. The quantitative estimate of drug-likeness (QED) is 0.274. The molecule has 0 spiro atoms. The topological polar surface area (TPSA) is 25.8 Å². The van der Waals surface area contributed by atoms with Crippen LogP contribution in [-0.2, 0) is 0 Å². The molecule has 2 nitrogen and oxygen atoms in total. The molecule has 0 bridgehead atoms. The van der Waals surface area contributed by atoms with Crippen molar-refractivity contribution in [1.82, 2.24) is 9.97 Å². The van der Waals surface area contributed by atoms with E-state index in [0.717, 1.165) is 45.1 Å². The summed E-state index contributed by atoms with van der Waals surface area (Å²) in [5.41, 5.74) is 6.59. The van der Waals surface area contributed by atoms with Crippen LogP contribution < -0.4 is 0 Å². The molecule has 0 aliphatic heterocycles. The van der Waals surface area contributed by atoms with E-state index in [4.69, 9.17) is 9.97 Å². The Morgan fingerprint density at radius 2 is 0.829 bits per heavy atom. The summed E-state index contributed by atoms with van der Waals surface area (Å²) in [4.78, 5) is 10.4. The van der Waals surface area contributed by atoms with Gasteiger partial charge in [0.1, 0.15) is 0 Å². The van der Waals surface area contributed by atoms with Gasteiger partial charge in [0.2, 0.25) is 0 Å². The Balaban J connectivity index is 4.37. The fourth-order valence-electron chi connectivity index (χ4n) is 3.24. The van der Waals surface area contributed by atoms with Crippen LogP contribution in [0.5, 0.6) is 0 Å². The van der Waals surface area contributed by atoms with Crippen molar-refractivity contribution in [3.8, 4) is 0 Å². The summed E-state index contributed by atoms with van der Waals surface area (Å²) in [5, 5.41) is 0. The van der Waals surface area contributed by atoms with Crippen molar-refractivity contribution in [2.24, 2.45) is 0 Å². The summed E-state index contributed by atoms with van der Waals surface area (Å²) in [6.45, 7) is 25.2. The number of hydrogen-bond acceptors (Lipinski definition) is 2. The molecule has 0 radical (unpaired) electrons. The van der Waals surface area contributed by atoms with Crippen LogP contribution in [0.4, 0.5) is 0 Å². The standard InChI is InChI=1S/C33H36N2/c1-9-17-23-27(16-8)31-33(29(22-14-6)25-19-11-3)34-30(26(15-7)20-12-4)32(35-31)28(21-13-5)24-18-10-2/h9-25H,1-3,5-6H2,4,7-8H3/b20-12-,23-17-,24-18-,25-19-,26-15+,27-16+,28-21+,29-22+. The Labute approximate surface area is 211 Å². The van der Waals surface area contributed by atoms with Crippen molar-refractivity contribution in [1.29, 1.82) is 0 Å². The lowest BCUT2D eigenvalue weighted by molar-refractivity contribution is 1.09. The van der Waals surface area contributed by atoms with Gasteiger partial charge in [-0.25, -0.2) is 9.97 Å². The zero-order valence-electron chi connectivity index (χ0n) is 21.2. The largest absolute Gasteiger partial charge is 0.243 e. The minimum Gasteiger partial charge on any atom is -0.243 e. The zero-order chi connectivity index (χ0) is 26.1. The van der Waals surface area contributed by atoms with Crippen molar-refractivity contribution in [3.63, 3.8) is 0 Å². The maximum absolute atomic E-state index is 5.20. The summed E-state index contributed by atoms with van der Waals surface area (Å²) in [5.74, 6) is 0. The normalized spacial score (nSPS) is 13.8. The molecule has 1 rings (SSSR count). The number of hydrogen-bond donors (Lipinski definition) is 0. The molecule has 1 aromatic rings. The number of allylic oxidation sites excluding steroid dienone is 21. The van der Waals surface area contributed by atoms with Crippen molar-refractivity contribution < 1.29 is 0 Å². The first kappa shape index (κ1) is 28.7. The highest BCUT2D eigenvalue weighted by molar-refractivity contribution is 5.89. The Morgan fingerprint density at radius 3 is 1.14 bits per heavy atom. The van der Waals surface area contributed by atoms with E-state index in [1.807, 2.05) is 93.7 Å². The van der Waals surface area contributed by atoms with E-state index < -0.39 is 0 Å². The van der Waals surface area contributed by atoms with Gasteiger partial charge in [0.05, 0.1) is 22.8 Å². The first-order valence-electron chi connectivity index (χ1n) is 11.5.